The van der Waals surface area contributed by atoms with Crippen LogP contribution in [-0.2, 0) is 12.8 Å². The molecule has 0 aliphatic carbocycles. The summed E-state index contributed by atoms with van der Waals surface area (Å²) in [4.78, 5) is 0. The van der Waals surface area contributed by atoms with Crippen LogP contribution in [0.1, 0.15) is 22.3 Å². The van der Waals surface area contributed by atoms with Crippen LogP contribution in [0.3, 0.4) is 0 Å². The van der Waals surface area contributed by atoms with E-state index < -0.39 is 0 Å². The highest BCUT2D eigenvalue weighted by Gasteiger charge is 2.09. The summed E-state index contributed by atoms with van der Waals surface area (Å²) >= 11 is 0. The fraction of sp³-hybridized carbons (Fsp3) is 0.333. The summed E-state index contributed by atoms with van der Waals surface area (Å²) in [5, 5.41) is 0. The van der Waals surface area contributed by atoms with Gasteiger partial charge in [-0.25, -0.2) is 0 Å². The van der Waals surface area contributed by atoms with E-state index in [4.69, 9.17) is 10.6 Å². The zero-order valence-electron chi connectivity index (χ0n) is 13.0. The normalized spacial score (nSPS) is 12.2. The molecule has 112 valence electrons. The average molecular weight is 284 g/mol. The van der Waals surface area contributed by atoms with Gasteiger partial charge in [-0.1, -0.05) is 30.3 Å². The molecule has 3 nitrogen and oxygen atoms in total. The number of hydrogen-bond donors (Lipinski definition) is 2. The molecule has 0 aliphatic heterocycles. The van der Waals surface area contributed by atoms with E-state index in [1.54, 1.807) is 7.11 Å². The lowest BCUT2D eigenvalue weighted by molar-refractivity contribution is 0.414. The van der Waals surface area contributed by atoms with E-state index in [-0.39, 0.29) is 6.04 Å². The fourth-order valence-electron chi connectivity index (χ4n) is 2.45. The van der Waals surface area contributed by atoms with Gasteiger partial charge in [0.25, 0.3) is 0 Å². The lowest BCUT2D eigenvalue weighted by atomic mass is 9.97. The van der Waals surface area contributed by atoms with Crippen LogP contribution in [0.5, 0.6) is 5.75 Å². The molecule has 0 bridgehead atoms. The maximum atomic E-state index is 5.72. The average Bonchev–Trinajstić information content (AvgIpc) is 2.51. The van der Waals surface area contributed by atoms with Gasteiger partial charge < -0.3 is 4.74 Å². The molecule has 2 aromatic carbocycles. The highest BCUT2D eigenvalue weighted by Crippen LogP contribution is 2.15. The summed E-state index contributed by atoms with van der Waals surface area (Å²) < 4.78 is 5.18. The Hall–Kier alpha value is -1.84. The Morgan fingerprint density at radius 2 is 1.57 bits per heavy atom. The van der Waals surface area contributed by atoms with Gasteiger partial charge in [-0.2, -0.15) is 0 Å². The van der Waals surface area contributed by atoms with Crippen molar-refractivity contribution in [3.05, 3.63) is 64.7 Å². The van der Waals surface area contributed by atoms with Crippen molar-refractivity contribution in [1.29, 1.82) is 0 Å². The molecule has 0 saturated heterocycles. The summed E-state index contributed by atoms with van der Waals surface area (Å²) in [6.45, 7) is 4.28. The molecule has 0 fully saturated rings. The van der Waals surface area contributed by atoms with E-state index in [1.165, 1.54) is 22.3 Å². The highest BCUT2D eigenvalue weighted by atomic mass is 16.5. The Morgan fingerprint density at radius 3 is 2.14 bits per heavy atom. The van der Waals surface area contributed by atoms with Crippen molar-refractivity contribution in [2.24, 2.45) is 5.84 Å². The topological polar surface area (TPSA) is 47.3 Å². The van der Waals surface area contributed by atoms with E-state index in [1.807, 2.05) is 12.1 Å². The third-order valence-electron chi connectivity index (χ3n) is 3.93. The quantitative estimate of drug-likeness (QED) is 0.633. The van der Waals surface area contributed by atoms with Crippen LogP contribution in [0.15, 0.2) is 42.5 Å². The van der Waals surface area contributed by atoms with Crippen molar-refractivity contribution in [1.82, 2.24) is 5.43 Å². The largest absolute Gasteiger partial charge is 0.497 e. The molecule has 2 rings (SSSR count). The molecule has 0 radical (unpaired) electrons. The van der Waals surface area contributed by atoms with Crippen molar-refractivity contribution >= 4 is 0 Å². The number of ether oxygens (including phenoxy) is 1. The van der Waals surface area contributed by atoms with Crippen molar-refractivity contribution < 1.29 is 4.74 Å². The third kappa shape index (κ3) is 4.31. The number of hydrogen-bond acceptors (Lipinski definition) is 3. The van der Waals surface area contributed by atoms with Gasteiger partial charge in [0.05, 0.1) is 7.11 Å². The van der Waals surface area contributed by atoms with Crippen molar-refractivity contribution in [2.75, 3.05) is 7.11 Å². The van der Waals surface area contributed by atoms with Gasteiger partial charge in [-0.3, -0.25) is 11.3 Å². The maximum absolute atomic E-state index is 5.72. The van der Waals surface area contributed by atoms with E-state index >= 15 is 0 Å². The summed E-state index contributed by atoms with van der Waals surface area (Å²) in [6, 6.07) is 15.0. The number of methoxy groups -OCH3 is 1. The molecule has 0 aromatic heterocycles. The number of hydrazine groups is 1. The molecule has 1 unspecified atom stereocenters. The van der Waals surface area contributed by atoms with Crippen molar-refractivity contribution in [3.63, 3.8) is 0 Å². The maximum Gasteiger partial charge on any atom is 0.118 e. The first-order valence-electron chi connectivity index (χ1n) is 7.27. The summed E-state index contributed by atoms with van der Waals surface area (Å²) in [7, 11) is 1.68. The Balaban J connectivity index is 2.03. The standard InChI is InChI=1S/C18H24N2O/c1-13-4-5-16(10-14(13)2)12-17(20-19)11-15-6-8-18(21-3)9-7-15/h4-10,17,20H,11-12,19H2,1-3H3. The second kappa shape index (κ2) is 7.25. The minimum Gasteiger partial charge on any atom is -0.497 e. The minimum atomic E-state index is 0.223. The first-order chi connectivity index (χ1) is 10.1. The Kier molecular flexibility index (Phi) is 5.37. The molecule has 3 heteroatoms. The van der Waals surface area contributed by atoms with Crippen LogP contribution in [0.4, 0.5) is 0 Å². The van der Waals surface area contributed by atoms with Crippen LogP contribution in [0.25, 0.3) is 0 Å². The first-order valence-corrected chi connectivity index (χ1v) is 7.27. The molecule has 0 aliphatic rings. The van der Waals surface area contributed by atoms with Gasteiger partial charge in [0.15, 0.2) is 0 Å². The smallest absolute Gasteiger partial charge is 0.118 e. The first kappa shape index (κ1) is 15.5. The Morgan fingerprint density at radius 1 is 0.952 bits per heavy atom. The summed E-state index contributed by atoms with van der Waals surface area (Å²) in [6.07, 6.45) is 1.82. The molecule has 21 heavy (non-hydrogen) atoms. The van der Waals surface area contributed by atoms with E-state index in [0.29, 0.717) is 0 Å². The van der Waals surface area contributed by atoms with Gasteiger partial charge in [0, 0.05) is 6.04 Å². The number of aryl methyl sites for hydroxylation is 2. The second-order valence-corrected chi connectivity index (χ2v) is 5.54. The van der Waals surface area contributed by atoms with E-state index in [0.717, 1.165) is 18.6 Å². The highest BCUT2D eigenvalue weighted by molar-refractivity contribution is 5.31. The molecule has 0 amide bonds. The molecular formula is C18H24N2O. The van der Waals surface area contributed by atoms with Crippen LogP contribution in [0, 0.1) is 13.8 Å². The summed E-state index contributed by atoms with van der Waals surface area (Å²) in [5.41, 5.74) is 8.15. The number of nitrogens with two attached hydrogens (primary N) is 1. The van der Waals surface area contributed by atoms with Gasteiger partial charge in [-0.15, -0.1) is 0 Å². The SMILES string of the molecule is COc1ccc(CC(Cc2ccc(C)c(C)c2)NN)cc1. The van der Waals surface area contributed by atoms with Crippen LogP contribution in [0.2, 0.25) is 0 Å². The molecule has 1 atom stereocenters. The number of rotatable bonds is 6. The monoisotopic (exact) mass is 284 g/mol. The van der Waals surface area contributed by atoms with Crippen molar-refractivity contribution in [2.45, 2.75) is 32.7 Å². The lowest BCUT2D eigenvalue weighted by Crippen LogP contribution is -2.38. The van der Waals surface area contributed by atoms with Crippen LogP contribution in [-0.4, -0.2) is 13.2 Å². The minimum absolute atomic E-state index is 0.223. The predicted molar refractivity (Wildman–Crippen MR) is 87.4 cm³/mol. The predicted octanol–water partition coefficient (Wildman–Crippen LogP) is 2.93. The summed E-state index contributed by atoms with van der Waals surface area (Å²) in [5.74, 6) is 6.60. The Bertz CT molecular complexity index is 578. The zero-order valence-corrected chi connectivity index (χ0v) is 13.0. The third-order valence-corrected chi connectivity index (χ3v) is 3.93. The number of nitrogens with one attached hydrogen (secondary N) is 1. The molecule has 0 heterocycles. The Labute approximate surface area is 127 Å². The van der Waals surface area contributed by atoms with E-state index in [9.17, 15) is 0 Å². The van der Waals surface area contributed by atoms with Gasteiger partial charge >= 0.3 is 0 Å². The van der Waals surface area contributed by atoms with Crippen LogP contribution < -0.4 is 16.0 Å². The second-order valence-electron chi connectivity index (χ2n) is 5.54. The van der Waals surface area contributed by atoms with Crippen molar-refractivity contribution in [3.8, 4) is 5.75 Å². The number of benzene rings is 2. The zero-order chi connectivity index (χ0) is 15.2. The molecule has 0 saturated carbocycles. The lowest BCUT2D eigenvalue weighted by Gasteiger charge is -2.17. The van der Waals surface area contributed by atoms with Crippen LogP contribution >= 0.6 is 0 Å². The van der Waals surface area contributed by atoms with Gasteiger partial charge in [-0.05, 0) is 61.1 Å². The van der Waals surface area contributed by atoms with E-state index in [2.05, 4.69) is 49.6 Å². The van der Waals surface area contributed by atoms with Gasteiger partial charge in [0.2, 0.25) is 0 Å². The molecule has 2 aromatic rings. The molecule has 0 spiro atoms. The van der Waals surface area contributed by atoms with Gasteiger partial charge in [0.1, 0.15) is 5.75 Å². The fourth-order valence-corrected chi connectivity index (χ4v) is 2.45. The molecule has 3 N–H and O–H groups in total. The molecular weight excluding hydrogens is 260 g/mol.